The lowest BCUT2D eigenvalue weighted by Crippen LogP contribution is -2.21. The first-order valence-electron chi connectivity index (χ1n) is 7.03. The predicted molar refractivity (Wildman–Crippen MR) is 81.8 cm³/mol. The minimum absolute atomic E-state index is 0.110. The Morgan fingerprint density at radius 1 is 1.20 bits per heavy atom. The van der Waals surface area contributed by atoms with Crippen molar-refractivity contribution in [3.05, 3.63) is 45.9 Å². The average molecular weight is 291 g/mol. The van der Waals surface area contributed by atoms with Crippen molar-refractivity contribution in [2.24, 2.45) is 0 Å². The molecule has 0 bridgehead atoms. The minimum Gasteiger partial charge on any atom is -0.374 e. The summed E-state index contributed by atoms with van der Waals surface area (Å²) in [6, 6.07) is 10.5. The van der Waals surface area contributed by atoms with E-state index in [9.17, 15) is 0 Å². The van der Waals surface area contributed by atoms with Crippen LogP contribution in [0, 0.1) is 0 Å². The number of aromatic nitrogens is 2. The number of nitrogens with one attached hydrogen (secondary N) is 1. The first-order chi connectivity index (χ1) is 9.85. The Morgan fingerprint density at radius 3 is 2.70 bits per heavy atom. The van der Waals surface area contributed by atoms with Crippen LogP contribution >= 0.6 is 11.3 Å². The first kappa shape index (κ1) is 15.1. The molecule has 0 aliphatic rings. The van der Waals surface area contributed by atoms with E-state index in [-0.39, 0.29) is 6.04 Å². The van der Waals surface area contributed by atoms with Crippen LogP contribution in [0.25, 0.3) is 0 Å². The molecular formula is C15H21N3OS. The third kappa shape index (κ3) is 4.10. The van der Waals surface area contributed by atoms with Gasteiger partial charge in [0.15, 0.2) is 0 Å². The molecule has 108 valence electrons. The van der Waals surface area contributed by atoms with E-state index >= 15 is 0 Å². The second kappa shape index (κ2) is 8.09. The van der Waals surface area contributed by atoms with Gasteiger partial charge in [0.1, 0.15) is 16.6 Å². The normalized spacial score (nSPS) is 12.5. The molecule has 0 spiro atoms. The maximum absolute atomic E-state index is 5.52. The number of hydrogen-bond donors (Lipinski definition) is 1. The van der Waals surface area contributed by atoms with Crippen LogP contribution in [0.4, 0.5) is 0 Å². The molecule has 4 nitrogen and oxygen atoms in total. The topological polar surface area (TPSA) is 47.0 Å². The summed E-state index contributed by atoms with van der Waals surface area (Å²) in [5.74, 6) is 0. The molecule has 0 amide bonds. The van der Waals surface area contributed by atoms with E-state index in [1.807, 2.05) is 18.2 Å². The fraction of sp³-hybridized carbons (Fsp3) is 0.467. The SMILES string of the molecule is CCCOCc1nnc(C(NCC)c2ccccc2)s1. The van der Waals surface area contributed by atoms with E-state index in [2.05, 4.69) is 41.5 Å². The lowest BCUT2D eigenvalue weighted by atomic mass is 10.1. The highest BCUT2D eigenvalue weighted by molar-refractivity contribution is 7.11. The molecule has 0 aliphatic heterocycles. The van der Waals surface area contributed by atoms with Gasteiger partial charge in [-0.25, -0.2) is 0 Å². The molecule has 1 N–H and O–H groups in total. The Kier molecular flexibility index (Phi) is 6.11. The summed E-state index contributed by atoms with van der Waals surface area (Å²) in [7, 11) is 0. The third-order valence-corrected chi connectivity index (χ3v) is 3.81. The van der Waals surface area contributed by atoms with Gasteiger partial charge in [-0.2, -0.15) is 0 Å². The van der Waals surface area contributed by atoms with E-state index in [1.165, 1.54) is 5.56 Å². The van der Waals surface area contributed by atoms with Crippen molar-refractivity contribution in [1.82, 2.24) is 15.5 Å². The smallest absolute Gasteiger partial charge is 0.143 e. The van der Waals surface area contributed by atoms with E-state index < -0.39 is 0 Å². The van der Waals surface area contributed by atoms with Gasteiger partial charge in [0.2, 0.25) is 0 Å². The number of benzene rings is 1. The maximum Gasteiger partial charge on any atom is 0.143 e. The summed E-state index contributed by atoms with van der Waals surface area (Å²) in [5.41, 5.74) is 1.21. The van der Waals surface area contributed by atoms with Crippen molar-refractivity contribution in [2.45, 2.75) is 32.9 Å². The van der Waals surface area contributed by atoms with Crippen LogP contribution in [0.5, 0.6) is 0 Å². The number of nitrogens with zero attached hydrogens (tertiary/aromatic N) is 2. The number of hydrogen-bond acceptors (Lipinski definition) is 5. The van der Waals surface area contributed by atoms with Crippen molar-refractivity contribution < 1.29 is 4.74 Å². The molecule has 1 heterocycles. The van der Waals surface area contributed by atoms with Gasteiger partial charge in [-0.1, -0.05) is 55.5 Å². The number of rotatable bonds is 8. The Balaban J connectivity index is 2.10. The number of ether oxygens (including phenoxy) is 1. The Hall–Kier alpha value is -1.30. The zero-order valence-electron chi connectivity index (χ0n) is 12.0. The lowest BCUT2D eigenvalue weighted by molar-refractivity contribution is 0.121. The summed E-state index contributed by atoms with van der Waals surface area (Å²) in [6.07, 6.45) is 1.02. The molecule has 0 saturated heterocycles. The molecule has 0 fully saturated rings. The molecule has 2 aromatic rings. The van der Waals surface area contributed by atoms with Gasteiger partial charge in [0.25, 0.3) is 0 Å². The summed E-state index contributed by atoms with van der Waals surface area (Å²) >= 11 is 1.62. The summed E-state index contributed by atoms with van der Waals surface area (Å²) in [4.78, 5) is 0. The summed E-state index contributed by atoms with van der Waals surface area (Å²) in [6.45, 7) is 6.41. The van der Waals surface area contributed by atoms with E-state index in [1.54, 1.807) is 11.3 Å². The summed E-state index contributed by atoms with van der Waals surface area (Å²) < 4.78 is 5.52. The van der Waals surface area contributed by atoms with Gasteiger partial charge >= 0.3 is 0 Å². The Labute approximate surface area is 124 Å². The van der Waals surface area contributed by atoms with Crippen molar-refractivity contribution in [3.63, 3.8) is 0 Å². The van der Waals surface area contributed by atoms with Gasteiger partial charge in [0.05, 0.1) is 6.04 Å². The zero-order valence-corrected chi connectivity index (χ0v) is 12.8. The van der Waals surface area contributed by atoms with Crippen LogP contribution in [0.3, 0.4) is 0 Å². The molecule has 5 heteroatoms. The first-order valence-corrected chi connectivity index (χ1v) is 7.85. The predicted octanol–water partition coefficient (Wildman–Crippen LogP) is 3.16. The minimum atomic E-state index is 0.110. The van der Waals surface area contributed by atoms with Crippen molar-refractivity contribution in [2.75, 3.05) is 13.2 Å². The molecule has 20 heavy (non-hydrogen) atoms. The fourth-order valence-corrected chi connectivity index (χ4v) is 2.83. The molecule has 2 rings (SSSR count). The highest BCUT2D eigenvalue weighted by atomic mass is 32.1. The van der Waals surface area contributed by atoms with Gasteiger partial charge < -0.3 is 10.1 Å². The Bertz CT molecular complexity index is 501. The van der Waals surface area contributed by atoms with Crippen molar-refractivity contribution in [1.29, 1.82) is 0 Å². The highest BCUT2D eigenvalue weighted by Crippen LogP contribution is 2.25. The molecule has 1 unspecified atom stereocenters. The largest absolute Gasteiger partial charge is 0.374 e. The zero-order chi connectivity index (χ0) is 14.2. The average Bonchev–Trinajstić information content (AvgIpc) is 2.94. The monoisotopic (exact) mass is 291 g/mol. The summed E-state index contributed by atoms with van der Waals surface area (Å²) in [5, 5.41) is 13.9. The van der Waals surface area contributed by atoms with Crippen LogP contribution in [0.15, 0.2) is 30.3 Å². The van der Waals surface area contributed by atoms with E-state index in [0.29, 0.717) is 6.61 Å². The van der Waals surface area contributed by atoms with Crippen LogP contribution in [0.2, 0.25) is 0 Å². The van der Waals surface area contributed by atoms with Gasteiger partial charge in [-0.3, -0.25) is 0 Å². The standard InChI is InChI=1S/C15H21N3OS/c1-3-10-19-11-13-17-18-15(20-13)14(16-4-2)12-8-6-5-7-9-12/h5-9,14,16H,3-4,10-11H2,1-2H3. The van der Waals surface area contributed by atoms with Gasteiger partial charge in [-0.05, 0) is 18.5 Å². The third-order valence-electron chi connectivity index (χ3n) is 2.84. The molecule has 1 aromatic heterocycles. The molecule has 0 aliphatic carbocycles. The molecule has 1 atom stereocenters. The van der Waals surface area contributed by atoms with Crippen LogP contribution in [0.1, 0.15) is 41.9 Å². The maximum atomic E-state index is 5.52. The van der Waals surface area contributed by atoms with E-state index in [0.717, 1.165) is 29.6 Å². The van der Waals surface area contributed by atoms with Crippen molar-refractivity contribution in [3.8, 4) is 0 Å². The second-order valence-electron chi connectivity index (χ2n) is 4.49. The molecule has 0 saturated carbocycles. The second-order valence-corrected chi connectivity index (χ2v) is 5.58. The highest BCUT2D eigenvalue weighted by Gasteiger charge is 2.17. The molecule has 0 radical (unpaired) electrons. The fourth-order valence-electron chi connectivity index (χ4n) is 1.94. The van der Waals surface area contributed by atoms with Crippen molar-refractivity contribution >= 4 is 11.3 Å². The van der Waals surface area contributed by atoms with Crippen LogP contribution < -0.4 is 5.32 Å². The Morgan fingerprint density at radius 2 is 2.00 bits per heavy atom. The molecule has 1 aromatic carbocycles. The van der Waals surface area contributed by atoms with Crippen LogP contribution in [-0.2, 0) is 11.3 Å². The van der Waals surface area contributed by atoms with Gasteiger partial charge in [-0.15, -0.1) is 10.2 Å². The van der Waals surface area contributed by atoms with Gasteiger partial charge in [0, 0.05) is 6.61 Å². The van der Waals surface area contributed by atoms with E-state index in [4.69, 9.17) is 4.74 Å². The van der Waals surface area contributed by atoms with Crippen LogP contribution in [-0.4, -0.2) is 23.3 Å². The quantitative estimate of drug-likeness (QED) is 0.759. The molecular weight excluding hydrogens is 270 g/mol. The lowest BCUT2D eigenvalue weighted by Gasteiger charge is -2.14.